The van der Waals surface area contributed by atoms with Gasteiger partial charge in [0.1, 0.15) is 0 Å². The molecule has 1 unspecified atom stereocenters. The van der Waals surface area contributed by atoms with Crippen molar-refractivity contribution < 1.29 is 4.74 Å². The molecule has 0 aromatic carbocycles. The molecule has 0 aliphatic rings. The Labute approximate surface area is 84.4 Å². The molecule has 2 nitrogen and oxygen atoms in total. The summed E-state index contributed by atoms with van der Waals surface area (Å²) in [4.78, 5) is 2.90. The zero-order valence-electron chi connectivity index (χ0n) is 8.35. The van der Waals surface area contributed by atoms with E-state index in [-0.39, 0.29) is 0 Å². The van der Waals surface area contributed by atoms with Gasteiger partial charge in [-0.15, -0.1) is 0 Å². The van der Waals surface area contributed by atoms with Gasteiger partial charge in [0, 0.05) is 31.1 Å². The van der Waals surface area contributed by atoms with Crippen LogP contribution in [0.2, 0.25) is 0 Å². The molecule has 0 aliphatic heterocycles. The summed E-state index contributed by atoms with van der Waals surface area (Å²) in [5.74, 6) is 0. The standard InChI is InChI=1S/C9H20BrNO/c1-4-12-7-5-6-11(3)8-9(2)10/h9H,4-8H2,1-3H3. The Balaban J connectivity index is 3.14. The van der Waals surface area contributed by atoms with E-state index in [9.17, 15) is 0 Å². The molecular formula is C9H20BrNO. The molecule has 0 aromatic rings. The first-order chi connectivity index (χ1) is 5.66. The van der Waals surface area contributed by atoms with E-state index in [1.165, 1.54) is 0 Å². The van der Waals surface area contributed by atoms with E-state index in [0.717, 1.165) is 32.7 Å². The van der Waals surface area contributed by atoms with Gasteiger partial charge >= 0.3 is 0 Å². The van der Waals surface area contributed by atoms with Gasteiger partial charge in [0.05, 0.1) is 0 Å². The third kappa shape index (κ3) is 8.50. The van der Waals surface area contributed by atoms with Crippen molar-refractivity contribution >= 4 is 15.9 Å². The molecule has 0 heterocycles. The highest BCUT2D eigenvalue weighted by Crippen LogP contribution is 1.99. The molecule has 0 aromatic heterocycles. The maximum absolute atomic E-state index is 5.25. The summed E-state index contributed by atoms with van der Waals surface area (Å²) in [6, 6.07) is 0. The smallest absolute Gasteiger partial charge is 0.0478 e. The van der Waals surface area contributed by atoms with Crippen LogP contribution in [0.1, 0.15) is 20.3 Å². The first-order valence-electron chi connectivity index (χ1n) is 4.57. The first kappa shape index (κ1) is 12.4. The number of hydrogen-bond acceptors (Lipinski definition) is 2. The summed E-state index contributed by atoms with van der Waals surface area (Å²) in [5.41, 5.74) is 0. The second-order valence-corrected chi connectivity index (χ2v) is 4.66. The van der Waals surface area contributed by atoms with Crippen LogP contribution in [0.25, 0.3) is 0 Å². The van der Waals surface area contributed by atoms with Gasteiger partial charge in [0.25, 0.3) is 0 Å². The summed E-state index contributed by atoms with van der Waals surface area (Å²) in [6.07, 6.45) is 1.13. The van der Waals surface area contributed by atoms with Gasteiger partial charge in [-0.1, -0.05) is 22.9 Å². The monoisotopic (exact) mass is 237 g/mol. The Hall–Kier alpha value is 0.400. The highest BCUT2D eigenvalue weighted by Gasteiger charge is 2.01. The molecule has 0 radical (unpaired) electrons. The summed E-state index contributed by atoms with van der Waals surface area (Å²) in [5, 5.41) is 0. The van der Waals surface area contributed by atoms with Crippen LogP contribution in [0.15, 0.2) is 0 Å². The maximum atomic E-state index is 5.25. The molecule has 0 bridgehead atoms. The van der Waals surface area contributed by atoms with Crippen LogP contribution in [0.5, 0.6) is 0 Å². The molecular weight excluding hydrogens is 218 g/mol. The van der Waals surface area contributed by atoms with Crippen LogP contribution < -0.4 is 0 Å². The second kappa shape index (κ2) is 8.02. The molecule has 0 aliphatic carbocycles. The van der Waals surface area contributed by atoms with Crippen molar-refractivity contribution in [3.63, 3.8) is 0 Å². The minimum absolute atomic E-state index is 0.578. The van der Waals surface area contributed by atoms with E-state index in [0.29, 0.717) is 4.83 Å². The van der Waals surface area contributed by atoms with Crippen LogP contribution in [-0.4, -0.2) is 43.1 Å². The average molecular weight is 238 g/mol. The van der Waals surface area contributed by atoms with Gasteiger partial charge in [-0.2, -0.15) is 0 Å². The molecule has 3 heteroatoms. The van der Waals surface area contributed by atoms with Crippen molar-refractivity contribution in [1.29, 1.82) is 0 Å². The van der Waals surface area contributed by atoms with Crippen molar-refractivity contribution in [2.24, 2.45) is 0 Å². The normalized spacial score (nSPS) is 13.8. The molecule has 0 rings (SSSR count). The lowest BCUT2D eigenvalue weighted by atomic mass is 10.4. The zero-order chi connectivity index (χ0) is 9.40. The molecule has 0 N–H and O–H groups in total. The summed E-state index contributed by atoms with van der Waals surface area (Å²) in [7, 11) is 2.14. The fourth-order valence-corrected chi connectivity index (χ4v) is 1.60. The van der Waals surface area contributed by atoms with Gasteiger partial charge in [-0.25, -0.2) is 0 Å². The van der Waals surface area contributed by atoms with E-state index < -0.39 is 0 Å². The quantitative estimate of drug-likeness (QED) is 0.497. The molecule has 12 heavy (non-hydrogen) atoms. The van der Waals surface area contributed by atoms with Crippen molar-refractivity contribution in [2.75, 3.05) is 33.4 Å². The number of alkyl halides is 1. The van der Waals surface area contributed by atoms with Gasteiger partial charge in [-0.05, 0) is 20.4 Å². The summed E-state index contributed by atoms with van der Waals surface area (Å²) >= 11 is 3.52. The molecule has 0 saturated carbocycles. The third-order valence-electron chi connectivity index (χ3n) is 1.60. The Morgan fingerprint density at radius 3 is 2.67 bits per heavy atom. The second-order valence-electron chi connectivity index (χ2n) is 3.09. The first-order valence-corrected chi connectivity index (χ1v) is 5.48. The minimum Gasteiger partial charge on any atom is -0.382 e. The topological polar surface area (TPSA) is 12.5 Å². The van der Waals surface area contributed by atoms with E-state index in [1.807, 2.05) is 6.92 Å². The van der Waals surface area contributed by atoms with E-state index >= 15 is 0 Å². The van der Waals surface area contributed by atoms with E-state index in [1.54, 1.807) is 0 Å². The van der Waals surface area contributed by atoms with Crippen LogP contribution >= 0.6 is 15.9 Å². The van der Waals surface area contributed by atoms with Crippen molar-refractivity contribution in [3.05, 3.63) is 0 Å². The molecule has 0 saturated heterocycles. The van der Waals surface area contributed by atoms with E-state index in [2.05, 4.69) is 34.8 Å². The van der Waals surface area contributed by atoms with Gasteiger partial charge in [-0.3, -0.25) is 0 Å². The Morgan fingerprint density at radius 2 is 2.17 bits per heavy atom. The Morgan fingerprint density at radius 1 is 1.50 bits per heavy atom. The van der Waals surface area contributed by atoms with Crippen LogP contribution in [-0.2, 0) is 4.74 Å². The number of hydrogen-bond donors (Lipinski definition) is 0. The highest BCUT2D eigenvalue weighted by atomic mass is 79.9. The van der Waals surface area contributed by atoms with Crippen molar-refractivity contribution in [2.45, 2.75) is 25.1 Å². The number of halogens is 1. The van der Waals surface area contributed by atoms with Crippen LogP contribution in [0.3, 0.4) is 0 Å². The van der Waals surface area contributed by atoms with E-state index in [4.69, 9.17) is 4.74 Å². The Kier molecular flexibility index (Phi) is 8.29. The van der Waals surface area contributed by atoms with Gasteiger partial charge < -0.3 is 9.64 Å². The fraction of sp³-hybridized carbons (Fsp3) is 1.00. The van der Waals surface area contributed by atoms with Gasteiger partial charge in [0.15, 0.2) is 0 Å². The average Bonchev–Trinajstić information content (AvgIpc) is 1.97. The fourth-order valence-electron chi connectivity index (χ4n) is 1.10. The zero-order valence-corrected chi connectivity index (χ0v) is 9.93. The molecule has 0 spiro atoms. The van der Waals surface area contributed by atoms with Crippen molar-refractivity contribution in [3.8, 4) is 0 Å². The predicted molar refractivity (Wildman–Crippen MR) is 57.0 cm³/mol. The third-order valence-corrected chi connectivity index (χ3v) is 1.89. The predicted octanol–water partition coefficient (Wildman–Crippen LogP) is 2.13. The molecule has 1 atom stereocenters. The van der Waals surface area contributed by atoms with Crippen LogP contribution in [0, 0.1) is 0 Å². The lowest BCUT2D eigenvalue weighted by molar-refractivity contribution is 0.136. The number of nitrogens with zero attached hydrogens (tertiary/aromatic N) is 1. The number of rotatable bonds is 7. The largest absolute Gasteiger partial charge is 0.382 e. The molecule has 0 amide bonds. The SMILES string of the molecule is CCOCCCN(C)CC(C)Br. The Bertz CT molecular complexity index is 98.5. The molecule has 0 fully saturated rings. The molecule has 74 valence electrons. The van der Waals surface area contributed by atoms with Gasteiger partial charge in [0.2, 0.25) is 0 Å². The number of ether oxygens (including phenoxy) is 1. The highest BCUT2D eigenvalue weighted by molar-refractivity contribution is 9.09. The maximum Gasteiger partial charge on any atom is 0.0478 e. The van der Waals surface area contributed by atoms with Crippen molar-refractivity contribution in [1.82, 2.24) is 4.90 Å². The summed E-state index contributed by atoms with van der Waals surface area (Å²) in [6.45, 7) is 8.14. The lowest BCUT2D eigenvalue weighted by Crippen LogP contribution is -2.26. The minimum atomic E-state index is 0.578. The van der Waals surface area contributed by atoms with Crippen LogP contribution in [0.4, 0.5) is 0 Å². The lowest BCUT2D eigenvalue weighted by Gasteiger charge is -2.17. The summed E-state index contributed by atoms with van der Waals surface area (Å²) < 4.78 is 5.25.